The number of rotatable bonds is 4. The molecule has 0 radical (unpaired) electrons. The summed E-state index contributed by atoms with van der Waals surface area (Å²) in [6.45, 7) is 0. The van der Waals surface area contributed by atoms with Crippen LogP contribution in [0, 0.1) is 3.57 Å². The van der Waals surface area contributed by atoms with Gasteiger partial charge in [-0.1, -0.05) is 0 Å². The van der Waals surface area contributed by atoms with E-state index >= 15 is 0 Å². The molecule has 0 saturated heterocycles. The monoisotopic (exact) mass is 443 g/mol. The minimum absolute atomic E-state index is 0.0588. The molecular formula is C13H9F3INO3S. The molecular weight excluding hydrogens is 434 g/mol. The Kier molecular flexibility index (Phi) is 4.85. The summed E-state index contributed by atoms with van der Waals surface area (Å²) in [6, 6.07) is 10.6. The fraction of sp³-hybridized carbons (Fsp3) is 0.0769. The molecule has 0 spiro atoms. The Labute approximate surface area is 138 Å². The largest absolute Gasteiger partial charge is 0.573 e. The van der Waals surface area contributed by atoms with Gasteiger partial charge in [-0.15, -0.1) is 13.2 Å². The van der Waals surface area contributed by atoms with Crippen LogP contribution in [-0.2, 0) is 10.0 Å². The first-order valence-electron chi connectivity index (χ1n) is 5.80. The molecule has 0 atom stereocenters. The van der Waals surface area contributed by atoms with Crippen LogP contribution in [-0.4, -0.2) is 14.8 Å². The van der Waals surface area contributed by atoms with Crippen LogP contribution >= 0.6 is 22.6 Å². The van der Waals surface area contributed by atoms with Gasteiger partial charge in [0.1, 0.15) is 5.75 Å². The Balaban J connectivity index is 2.14. The number of benzene rings is 2. The highest BCUT2D eigenvalue weighted by Crippen LogP contribution is 2.25. The molecule has 0 aliphatic carbocycles. The van der Waals surface area contributed by atoms with E-state index in [1.165, 1.54) is 24.3 Å². The van der Waals surface area contributed by atoms with Gasteiger partial charge < -0.3 is 4.74 Å². The van der Waals surface area contributed by atoms with Crippen molar-refractivity contribution in [2.24, 2.45) is 0 Å². The van der Waals surface area contributed by atoms with E-state index in [9.17, 15) is 21.6 Å². The number of anilines is 1. The highest BCUT2D eigenvalue weighted by molar-refractivity contribution is 14.1. The van der Waals surface area contributed by atoms with Crippen LogP contribution < -0.4 is 9.46 Å². The van der Waals surface area contributed by atoms with Gasteiger partial charge in [-0.3, -0.25) is 4.72 Å². The number of hydrogen-bond donors (Lipinski definition) is 1. The quantitative estimate of drug-likeness (QED) is 0.728. The number of ether oxygens (including phenoxy) is 1. The van der Waals surface area contributed by atoms with Crippen LogP contribution in [0.4, 0.5) is 18.9 Å². The van der Waals surface area contributed by atoms with Gasteiger partial charge in [0, 0.05) is 9.26 Å². The van der Waals surface area contributed by atoms with Gasteiger partial charge in [-0.2, -0.15) is 0 Å². The molecule has 1 N–H and O–H groups in total. The third kappa shape index (κ3) is 4.77. The fourth-order valence-electron chi connectivity index (χ4n) is 1.55. The molecule has 0 amide bonds. The first-order valence-corrected chi connectivity index (χ1v) is 8.36. The first kappa shape index (κ1) is 16.9. The molecule has 2 aromatic rings. The third-order valence-corrected chi connectivity index (χ3v) is 4.58. The third-order valence-electron chi connectivity index (χ3n) is 2.46. The molecule has 118 valence electrons. The van der Waals surface area contributed by atoms with Crippen molar-refractivity contribution in [2.45, 2.75) is 11.3 Å². The summed E-state index contributed by atoms with van der Waals surface area (Å²) in [5.41, 5.74) is 0.132. The molecule has 0 bridgehead atoms. The van der Waals surface area contributed by atoms with E-state index in [0.29, 0.717) is 0 Å². The zero-order chi connectivity index (χ0) is 16.4. The predicted octanol–water partition coefficient (Wildman–Crippen LogP) is 3.99. The maximum atomic E-state index is 12.1. The fourth-order valence-corrected chi connectivity index (χ4v) is 2.97. The molecule has 0 unspecified atom stereocenters. The smallest absolute Gasteiger partial charge is 0.406 e. The topological polar surface area (TPSA) is 55.4 Å². The maximum Gasteiger partial charge on any atom is 0.573 e. The van der Waals surface area contributed by atoms with Crippen molar-refractivity contribution in [3.8, 4) is 5.75 Å². The second kappa shape index (κ2) is 6.32. The molecule has 0 heterocycles. The van der Waals surface area contributed by atoms with Crippen LogP contribution in [0.25, 0.3) is 0 Å². The van der Waals surface area contributed by atoms with E-state index in [4.69, 9.17) is 0 Å². The van der Waals surface area contributed by atoms with Crippen molar-refractivity contribution in [3.05, 3.63) is 52.1 Å². The average molecular weight is 443 g/mol. The lowest BCUT2D eigenvalue weighted by atomic mass is 10.3. The molecule has 0 aromatic heterocycles. The lowest BCUT2D eigenvalue weighted by Gasteiger charge is -2.11. The second-order valence-electron chi connectivity index (χ2n) is 4.13. The van der Waals surface area contributed by atoms with Crippen LogP contribution in [0.15, 0.2) is 53.4 Å². The Morgan fingerprint density at radius 1 is 0.955 bits per heavy atom. The van der Waals surface area contributed by atoms with Crippen LogP contribution in [0.3, 0.4) is 0 Å². The van der Waals surface area contributed by atoms with Crippen molar-refractivity contribution < 1.29 is 26.3 Å². The minimum atomic E-state index is -4.79. The number of nitrogens with one attached hydrogen (secondary N) is 1. The lowest BCUT2D eigenvalue weighted by Crippen LogP contribution is -2.17. The molecule has 2 rings (SSSR count). The van der Waals surface area contributed by atoms with E-state index in [1.54, 1.807) is 12.1 Å². The van der Waals surface area contributed by atoms with Crippen LogP contribution in [0.2, 0.25) is 0 Å². The zero-order valence-electron chi connectivity index (χ0n) is 10.8. The van der Waals surface area contributed by atoms with E-state index in [-0.39, 0.29) is 10.6 Å². The molecule has 22 heavy (non-hydrogen) atoms. The van der Waals surface area contributed by atoms with E-state index in [0.717, 1.165) is 15.7 Å². The molecule has 0 aliphatic rings. The van der Waals surface area contributed by atoms with Gasteiger partial charge in [0.15, 0.2) is 0 Å². The summed E-state index contributed by atoms with van der Waals surface area (Å²) in [6.07, 6.45) is -4.79. The maximum absolute atomic E-state index is 12.1. The van der Waals surface area contributed by atoms with E-state index < -0.39 is 22.1 Å². The molecule has 0 aliphatic heterocycles. The average Bonchev–Trinajstić information content (AvgIpc) is 2.39. The summed E-state index contributed by atoms with van der Waals surface area (Å²) in [4.78, 5) is 0.0588. The van der Waals surface area contributed by atoms with Gasteiger partial charge in [0.25, 0.3) is 10.0 Å². The van der Waals surface area contributed by atoms with Gasteiger partial charge >= 0.3 is 6.36 Å². The SMILES string of the molecule is O=S(=O)(Nc1ccc(OC(F)(F)F)cc1)c1ccc(I)cc1. The normalized spacial score (nSPS) is 12.0. The molecule has 0 saturated carbocycles. The second-order valence-corrected chi connectivity index (χ2v) is 7.06. The molecule has 2 aromatic carbocycles. The number of hydrogen-bond acceptors (Lipinski definition) is 3. The van der Waals surface area contributed by atoms with Crippen LogP contribution in [0.1, 0.15) is 0 Å². The van der Waals surface area contributed by atoms with Crippen molar-refractivity contribution in [1.82, 2.24) is 0 Å². The van der Waals surface area contributed by atoms with Crippen molar-refractivity contribution >= 4 is 38.3 Å². The molecule has 0 fully saturated rings. The summed E-state index contributed by atoms with van der Waals surface area (Å²) < 4.78 is 67.2. The Morgan fingerprint density at radius 3 is 2.00 bits per heavy atom. The zero-order valence-corrected chi connectivity index (χ0v) is 13.7. The van der Waals surface area contributed by atoms with E-state index in [2.05, 4.69) is 9.46 Å². The standard InChI is InChI=1S/C13H9F3INO3S/c14-13(15,16)21-11-5-3-10(4-6-11)18-22(19,20)12-7-1-9(17)2-8-12/h1-8,18H. The Hall–Kier alpha value is -1.49. The summed E-state index contributed by atoms with van der Waals surface area (Å²) in [5.74, 6) is -0.426. The van der Waals surface area contributed by atoms with Crippen molar-refractivity contribution in [2.75, 3.05) is 4.72 Å². The Bertz CT molecular complexity index is 744. The Morgan fingerprint density at radius 2 is 1.50 bits per heavy atom. The van der Waals surface area contributed by atoms with Gasteiger partial charge in [-0.25, -0.2) is 8.42 Å². The lowest BCUT2D eigenvalue weighted by molar-refractivity contribution is -0.274. The van der Waals surface area contributed by atoms with Gasteiger partial charge in [-0.05, 0) is 71.1 Å². The highest BCUT2D eigenvalue weighted by Gasteiger charge is 2.31. The van der Waals surface area contributed by atoms with Crippen LogP contribution in [0.5, 0.6) is 5.75 Å². The summed E-state index contributed by atoms with van der Waals surface area (Å²) in [5, 5.41) is 0. The molecule has 4 nitrogen and oxygen atoms in total. The van der Waals surface area contributed by atoms with Gasteiger partial charge in [0.05, 0.1) is 4.90 Å². The van der Waals surface area contributed by atoms with E-state index in [1.807, 2.05) is 22.6 Å². The summed E-state index contributed by atoms with van der Waals surface area (Å²) in [7, 11) is -3.79. The summed E-state index contributed by atoms with van der Waals surface area (Å²) >= 11 is 2.04. The van der Waals surface area contributed by atoms with Crippen molar-refractivity contribution in [1.29, 1.82) is 0 Å². The first-order chi connectivity index (χ1) is 10.2. The predicted molar refractivity (Wildman–Crippen MR) is 83.1 cm³/mol. The van der Waals surface area contributed by atoms with Gasteiger partial charge in [0.2, 0.25) is 0 Å². The number of sulfonamides is 1. The highest BCUT2D eigenvalue weighted by atomic mass is 127. The minimum Gasteiger partial charge on any atom is -0.406 e. The molecule has 9 heteroatoms. The number of halogens is 4. The number of alkyl halides is 3. The van der Waals surface area contributed by atoms with Crippen molar-refractivity contribution in [3.63, 3.8) is 0 Å².